The lowest BCUT2D eigenvalue weighted by Gasteiger charge is -2.19. The average Bonchev–Trinajstić information content (AvgIpc) is 3.44. The number of nitrogens with zero attached hydrogens (tertiary/aromatic N) is 5. The van der Waals surface area contributed by atoms with E-state index in [0.29, 0.717) is 22.6 Å². The highest BCUT2D eigenvalue weighted by Gasteiger charge is 2.39. The fraction of sp³-hybridized carbons (Fsp3) is 0.368. The number of carbonyl (C=O) groups excluding carboxylic acids is 1. The van der Waals surface area contributed by atoms with Crippen molar-refractivity contribution in [1.82, 2.24) is 20.1 Å². The lowest BCUT2D eigenvalue weighted by Crippen LogP contribution is -2.30. The fourth-order valence-electron chi connectivity index (χ4n) is 3.15. The zero-order chi connectivity index (χ0) is 20.4. The van der Waals surface area contributed by atoms with Crippen LogP contribution in [-0.2, 0) is 4.79 Å². The summed E-state index contributed by atoms with van der Waals surface area (Å²) in [4.78, 5) is 27.7. The van der Waals surface area contributed by atoms with Gasteiger partial charge in [0.1, 0.15) is 22.0 Å². The molecule has 1 saturated heterocycles. The van der Waals surface area contributed by atoms with Crippen LogP contribution in [0.5, 0.6) is 5.75 Å². The van der Waals surface area contributed by atoms with Crippen molar-refractivity contribution < 1.29 is 9.53 Å². The van der Waals surface area contributed by atoms with Gasteiger partial charge in [-0.15, -0.1) is 0 Å². The quantitative estimate of drug-likeness (QED) is 0.694. The first-order valence-electron chi connectivity index (χ1n) is 9.47. The number of anilines is 1. The van der Waals surface area contributed by atoms with E-state index in [-0.39, 0.29) is 5.91 Å². The van der Waals surface area contributed by atoms with Crippen molar-refractivity contribution in [1.29, 1.82) is 0 Å². The summed E-state index contributed by atoms with van der Waals surface area (Å²) >= 11 is 3.01. The molecule has 4 rings (SSSR count). The number of unbranched alkanes of at least 4 members (excludes halogenated alkanes) is 1. The van der Waals surface area contributed by atoms with Gasteiger partial charge in [0.2, 0.25) is 5.95 Å². The third-order valence-corrected chi connectivity index (χ3v) is 7.00. The molecule has 2 aliphatic heterocycles. The van der Waals surface area contributed by atoms with Gasteiger partial charge in [0.25, 0.3) is 5.91 Å². The van der Waals surface area contributed by atoms with Gasteiger partial charge in [-0.05, 0) is 37.2 Å². The molecule has 2 aromatic rings. The second kappa shape index (κ2) is 8.50. The summed E-state index contributed by atoms with van der Waals surface area (Å²) in [6.45, 7) is 5.57. The number of thioether (sulfide) groups is 2. The van der Waals surface area contributed by atoms with Crippen molar-refractivity contribution in [3.8, 4) is 5.75 Å². The van der Waals surface area contributed by atoms with Crippen LogP contribution in [0.2, 0.25) is 0 Å². The van der Waals surface area contributed by atoms with E-state index >= 15 is 0 Å². The molecule has 0 unspecified atom stereocenters. The lowest BCUT2D eigenvalue weighted by molar-refractivity contribution is -0.122. The molecule has 1 aromatic carbocycles. The van der Waals surface area contributed by atoms with Gasteiger partial charge < -0.3 is 9.64 Å². The van der Waals surface area contributed by atoms with Gasteiger partial charge in [-0.1, -0.05) is 25.1 Å². The number of carbonyl (C=O) groups is 1. The van der Waals surface area contributed by atoms with E-state index in [0.717, 1.165) is 40.7 Å². The van der Waals surface area contributed by atoms with E-state index in [1.807, 2.05) is 18.2 Å². The number of aliphatic imine (C=N–C) groups is 1. The summed E-state index contributed by atoms with van der Waals surface area (Å²) in [6, 6.07) is 6.00. The normalized spacial score (nSPS) is 20.1. The van der Waals surface area contributed by atoms with Crippen LogP contribution in [0.4, 0.5) is 11.6 Å². The van der Waals surface area contributed by atoms with Gasteiger partial charge in [-0.2, -0.15) is 15.1 Å². The van der Waals surface area contributed by atoms with Crippen LogP contribution in [-0.4, -0.2) is 51.4 Å². The van der Waals surface area contributed by atoms with Gasteiger partial charge in [0.05, 0.1) is 12.8 Å². The second-order valence-corrected chi connectivity index (χ2v) is 8.44. The van der Waals surface area contributed by atoms with Crippen molar-refractivity contribution in [3.63, 3.8) is 0 Å². The van der Waals surface area contributed by atoms with Crippen molar-refractivity contribution >= 4 is 46.2 Å². The minimum absolute atomic E-state index is 0.0116. The van der Waals surface area contributed by atoms with Crippen molar-refractivity contribution in [2.24, 2.45) is 4.99 Å². The Labute approximate surface area is 177 Å². The van der Waals surface area contributed by atoms with Crippen LogP contribution in [0, 0.1) is 0 Å². The second-order valence-electron chi connectivity index (χ2n) is 6.43. The van der Waals surface area contributed by atoms with Gasteiger partial charge in [-0.3, -0.25) is 9.69 Å². The number of hydrogen-bond donors (Lipinski definition) is 1. The number of H-pyrrole nitrogens is 1. The van der Waals surface area contributed by atoms with Crippen LogP contribution < -0.4 is 9.64 Å². The first-order chi connectivity index (χ1) is 14.2. The number of ether oxygens (including phenoxy) is 1. The number of amides is 1. The summed E-state index contributed by atoms with van der Waals surface area (Å²) in [7, 11) is 1.66. The molecule has 0 bridgehead atoms. The number of aromatic nitrogens is 3. The molecule has 8 nitrogen and oxygen atoms in total. The van der Waals surface area contributed by atoms with Crippen molar-refractivity contribution in [3.05, 3.63) is 34.5 Å². The zero-order valence-electron chi connectivity index (χ0n) is 16.5. The first kappa shape index (κ1) is 19.8. The minimum Gasteiger partial charge on any atom is -0.497 e. The third kappa shape index (κ3) is 3.74. The molecule has 1 N–H and O–H groups in total. The Kier molecular flexibility index (Phi) is 5.81. The van der Waals surface area contributed by atoms with E-state index in [9.17, 15) is 4.79 Å². The fourth-order valence-corrected chi connectivity index (χ4v) is 5.53. The SMILES string of the molecule is CCCCN1C(=O)/C(=C2/Sc3ccc(OC)cc3N2CC)S/C1=N\c1ncn[nH]1. The summed E-state index contributed by atoms with van der Waals surface area (Å²) in [5.74, 6) is 1.19. The number of nitrogens with one attached hydrogen (secondary N) is 1. The molecule has 0 radical (unpaired) electrons. The predicted octanol–water partition coefficient (Wildman–Crippen LogP) is 3.98. The van der Waals surface area contributed by atoms with Gasteiger partial charge >= 0.3 is 0 Å². The Morgan fingerprint density at radius 1 is 1.24 bits per heavy atom. The zero-order valence-corrected chi connectivity index (χ0v) is 18.1. The Hall–Kier alpha value is -2.46. The molecule has 29 heavy (non-hydrogen) atoms. The number of hydrogen-bond acceptors (Lipinski definition) is 8. The lowest BCUT2D eigenvalue weighted by atomic mass is 10.2. The Bertz CT molecular complexity index is 973. The van der Waals surface area contributed by atoms with Crippen LogP contribution in [0.15, 0.2) is 44.3 Å². The summed E-state index contributed by atoms with van der Waals surface area (Å²) in [5.41, 5.74) is 1.06. The van der Waals surface area contributed by atoms with E-state index < -0.39 is 0 Å². The maximum absolute atomic E-state index is 13.3. The topological polar surface area (TPSA) is 86.7 Å². The van der Waals surface area contributed by atoms with E-state index in [4.69, 9.17) is 4.74 Å². The molecule has 1 aromatic heterocycles. The number of fused-ring (bicyclic) bond motifs is 1. The maximum atomic E-state index is 13.3. The van der Waals surface area contributed by atoms with Gasteiger partial charge in [0, 0.05) is 24.1 Å². The number of aromatic amines is 1. The molecule has 3 heterocycles. The Morgan fingerprint density at radius 3 is 2.79 bits per heavy atom. The molecule has 0 atom stereocenters. The molecule has 0 saturated carbocycles. The first-order valence-corrected chi connectivity index (χ1v) is 11.1. The molecule has 1 fully saturated rings. The number of rotatable bonds is 6. The summed E-state index contributed by atoms with van der Waals surface area (Å²) in [6.07, 6.45) is 3.32. The van der Waals surface area contributed by atoms with Crippen LogP contribution in [0.3, 0.4) is 0 Å². The molecule has 0 aliphatic carbocycles. The molecule has 10 heteroatoms. The molecule has 152 valence electrons. The average molecular weight is 431 g/mol. The molecule has 0 spiro atoms. The Balaban J connectivity index is 1.73. The Morgan fingerprint density at radius 2 is 2.10 bits per heavy atom. The maximum Gasteiger partial charge on any atom is 0.269 e. The number of benzene rings is 1. The predicted molar refractivity (Wildman–Crippen MR) is 117 cm³/mol. The van der Waals surface area contributed by atoms with E-state index in [2.05, 4.69) is 38.9 Å². The highest BCUT2D eigenvalue weighted by atomic mass is 32.2. The largest absolute Gasteiger partial charge is 0.497 e. The van der Waals surface area contributed by atoms with E-state index in [1.54, 1.807) is 23.8 Å². The minimum atomic E-state index is -0.0116. The van der Waals surface area contributed by atoms with Crippen LogP contribution >= 0.6 is 23.5 Å². The van der Waals surface area contributed by atoms with Gasteiger partial charge in [-0.25, -0.2) is 5.10 Å². The number of amidine groups is 1. The van der Waals surface area contributed by atoms with Crippen LogP contribution in [0.25, 0.3) is 0 Å². The number of methoxy groups -OCH3 is 1. The molecule has 1 amide bonds. The van der Waals surface area contributed by atoms with Crippen molar-refractivity contribution in [2.45, 2.75) is 31.6 Å². The highest BCUT2D eigenvalue weighted by molar-refractivity contribution is 8.19. The molecular formula is C19H22N6O2S2. The van der Waals surface area contributed by atoms with Gasteiger partial charge in [0.15, 0.2) is 5.17 Å². The van der Waals surface area contributed by atoms with Crippen LogP contribution in [0.1, 0.15) is 26.7 Å². The highest BCUT2D eigenvalue weighted by Crippen LogP contribution is 2.51. The smallest absolute Gasteiger partial charge is 0.269 e. The molecule has 2 aliphatic rings. The monoisotopic (exact) mass is 430 g/mol. The standard InChI is InChI=1S/C19H22N6O2S2/c1-4-6-9-25-16(26)15(29-19(25)22-18-20-11-21-23-18)17-24(5-2)13-10-12(27-3)7-8-14(13)28-17/h7-8,10-11H,4-6,9H2,1-3H3,(H,20,21,23)/b17-15-,22-19-. The van der Waals surface area contributed by atoms with E-state index in [1.165, 1.54) is 18.1 Å². The third-order valence-electron chi connectivity index (χ3n) is 4.62. The summed E-state index contributed by atoms with van der Waals surface area (Å²) in [5, 5.41) is 8.16. The summed E-state index contributed by atoms with van der Waals surface area (Å²) < 4.78 is 5.38. The van der Waals surface area contributed by atoms with Crippen molar-refractivity contribution in [2.75, 3.05) is 25.1 Å². The molecular weight excluding hydrogens is 408 g/mol.